The molecule has 4 aromatic rings. The molecule has 1 heterocycles. The van der Waals surface area contributed by atoms with Crippen LogP contribution in [-0.2, 0) is 10.5 Å². The molecule has 0 atom stereocenters. The summed E-state index contributed by atoms with van der Waals surface area (Å²) < 4.78 is 5.84. The Labute approximate surface area is 200 Å². The third-order valence-electron chi connectivity index (χ3n) is 4.57. The Morgan fingerprint density at radius 1 is 0.938 bits per heavy atom. The first-order chi connectivity index (χ1) is 15.5. The molecule has 0 aliphatic heterocycles. The second-order valence-corrected chi connectivity index (χ2v) is 8.95. The van der Waals surface area contributed by atoms with E-state index >= 15 is 0 Å². The first-order valence-electron chi connectivity index (χ1n) is 9.80. The Bertz CT molecular complexity index is 1260. The molecule has 0 saturated heterocycles. The predicted molar refractivity (Wildman–Crippen MR) is 131 cm³/mol. The van der Waals surface area contributed by atoms with Crippen molar-refractivity contribution in [1.29, 1.82) is 0 Å². The number of aromatic nitrogens is 2. The molecule has 0 fully saturated rings. The second kappa shape index (κ2) is 10.2. The van der Waals surface area contributed by atoms with Crippen molar-refractivity contribution in [2.24, 2.45) is 0 Å². The van der Waals surface area contributed by atoms with E-state index in [1.165, 1.54) is 11.8 Å². The van der Waals surface area contributed by atoms with Gasteiger partial charge in [-0.2, -0.15) is 0 Å². The number of halogens is 2. The third kappa shape index (κ3) is 5.71. The van der Waals surface area contributed by atoms with Crippen molar-refractivity contribution in [3.8, 4) is 22.9 Å². The van der Waals surface area contributed by atoms with E-state index in [4.69, 9.17) is 27.6 Å². The largest absolute Gasteiger partial charge is 0.416 e. The molecular formula is C24H19Cl2N3O2S. The minimum Gasteiger partial charge on any atom is -0.416 e. The summed E-state index contributed by atoms with van der Waals surface area (Å²) in [5.41, 5.74) is 4.40. The van der Waals surface area contributed by atoms with E-state index in [0.717, 1.165) is 22.3 Å². The number of anilines is 1. The van der Waals surface area contributed by atoms with Crippen LogP contribution < -0.4 is 5.32 Å². The minimum atomic E-state index is -0.0989. The maximum Gasteiger partial charge on any atom is 0.248 e. The summed E-state index contributed by atoms with van der Waals surface area (Å²) in [7, 11) is 0. The van der Waals surface area contributed by atoms with Gasteiger partial charge >= 0.3 is 0 Å². The van der Waals surface area contributed by atoms with Crippen LogP contribution in [-0.4, -0.2) is 21.9 Å². The third-order valence-corrected chi connectivity index (χ3v) is 6.31. The van der Waals surface area contributed by atoms with Crippen molar-refractivity contribution in [3.05, 3.63) is 87.9 Å². The van der Waals surface area contributed by atoms with Crippen LogP contribution in [0.2, 0.25) is 10.0 Å². The van der Waals surface area contributed by atoms with Crippen LogP contribution in [0.5, 0.6) is 0 Å². The van der Waals surface area contributed by atoms with Gasteiger partial charge in [0, 0.05) is 22.6 Å². The van der Waals surface area contributed by atoms with Gasteiger partial charge in [0.05, 0.1) is 15.8 Å². The fourth-order valence-corrected chi connectivity index (χ4v) is 4.15. The summed E-state index contributed by atoms with van der Waals surface area (Å²) in [6.45, 7) is 2.01. The van der Waals surface area contributed by atoms with E-state index in [2.05, 4.69) is 15.5 Å². The quantitative estimate of drug-likeness (QED) is 0.309. The van der Waals surface area contributed by atoms with Gasteiger partial charge in [0.1, 0.15) is 0 Å². The van der Waals surface area contributed by atoms with Crippen LogP contribution in [0.25, 0.3) is 22.9 Å². The summed E-state index contributed by atoms with van der Waals surface area (Å²) in [6.07, 6.45) is 0. The van der Waals surface area contributed by atoms with Gasteiger partial charge in [0.2, 0.25) is 17.7 Å². The van der Waals surface area contributed by atoms with Crippen molar-refractivity contribution in [2.45, 2.75) is 12.7 Å². The molecule has 5 nitrogen and oxygen atoms in total. The highest BCUT2D eigenvalue weighted by molar-refractivity contribution is 7.99. The number of aryl methyl sites for hydroxylation is 1. The van der Waals surface area contributed by atoms with Gasteiger partial charge in [-0.25, -0.2) is 0 Å². The van der Waals surface area contributed by atoms with Gasteiger partial charge < -0.3 is 9.73 Å². The van der Waals surface area contributed by atoms with E-state index in [1.807, 2.05) is 67.6 Å². The fraction of sp³-hybridized carbons (Fsp3) is 0.125. The van der Waals surface area contributed by atoms with Crippen molar-refractivity contribution >= 4 is 46.6 Å². The molecule has 8 heteroatoms. The Kier molecular flexibility index (Phi) is 7.15. The fourth-order valence-electron chi connectivity index (χ4n) is 3.05. The Morgan fingerprint density at radius 3 is 2.38 bits per heavy atom. The van der Waals surface area contributed by atoms with Gasteiger partial charge in [-0.3, -0.25) is 4.79 Å². The number of benzene rings is 3. The van der Waals surface area contributed by atoms with Crippen molar-refractivity contribution in [1.82, 2.24) is 10.2 Å². The van der Waals surface area contributed by atoms with Gasteiger partial charge in [-0.05, 0) is 55.0 Å². The second-order valence-electron chi connectivity index (χ2n) is 7.15. The van der Waals surface area contributed by atoms with Gasteiger partial charge in [-0.1, -0.05) is 53.0 Å². The van der Waals surface area contributed by atoms with Crippen LogP contribution in [0.4, 0.5) is 5.69 Å². The molecule has 0 spiro atoms. The molecule has 0 radical (unpaired) electrons. The molecule has 0 aliphatic rings. The van der Waals surface area contributed by atoms with Crippen LogP contribution in [0.1, 0.15) is 11.1 Å². The van der Waals surface area contributed by atoms with Gasteiger partial charge in [0.15, 0.2) is 0 Å². The monoisotopic (exact) mass is 483 g/mol. The average Bonchev–Trinajstić information content (AvgIpc) is 3.27. The van der Waals surface area contributed by atoms with Crippen molar-refractivity contribution in [2.75, 3.05) is 11.1 Å². The van der Waals surface area contributed by atoms with Crippen LogP contribution in [0, 0.1) is 6.92 Å². The Hall–Kier alpha value is -2.80. The molecule has 1 N–H and O–H groups in total. The van der Waals surface area contributed by atoms with E-state index < -0.39 is 0 Å². The Balaban J connectivity index is 1.36. The minimum absolute atomic E-state index is 0.0989. The molecule has 32 heavy (non-hydrogen) atoms. The Morgan fingerprint density at radius 2 is 1.66 bits per heavy atom. The zero-order valence-corrected chi connectivity index (χ0v) is 19.5. The predicted octanol–water partition coefficient (Wildman–Crippen LogP) is 6.89. The molecule has 1 amide bonds. The van der Waals surface area contributed by atoms with Crippen molar-refractivity contribution < 1.29 is 9.21 Å². The standard InChI is InChI=1S/C24H19Cl2N3O2S/c1-15-4-2-5-17(10-15)23-28-29-24(31-23)18-6-3-7-19(12-18)27-22(30)14-32-13-16-8-9-20(25)21(26)11-16/h2-12H,13-14H2,1H3,(H,27,30). The first-order valence-corrected chi connectivity index (χ1v) is 11.7. The number of carbonyl (C=O) groups excluding carboxylic acids is 1. The summed E-state index contributed by atoms with van der Waals surface area (Å²) in [4.78, 5) is 12.4. The lowest BCUT2D eigenvalue weighted by molar-refractivity contribution is -0.113. The van der Waals surface area contributed by atoms with E-state index in [0.29, 0.717) is 39.0 Å². The smallest absolute Gasteiger partial charge is 0.248 e. The molecule has 0 saturated carbocycles. The molecule has 1 aromatic heterocycles. The van der Waals surface area contributed by atoms with E-state index in [-0.39, 0.29) is 5.91 Å². The number of nitrogens with zero attached hydrogens (tertiary/aromatic N) is 2. The summed E-state index contributed by atoms with van der Waals surface area (Å²) in [5.74, 6) is 1.72. The van der Waals surface area contributed by atoms with E-state index in [9.17, 15) is 4.79 Å². The van der Waals surface area contributed by atoms with Crippen molar-refractivity contribution in [3.63, 3.8) is 0 Å². The average molecular weight is 484 g/mol. The number of hydrogen-bond acceptors (Lipinski definition) is 5. The maximum absolute atomic E-state index is 12.4. The lowest BCUT2D eigenvalue weighted by atomic mass is 10.1. The number of hydrogen-bond donors (Lipinski definition) is 1. The highest BCUT2D eigenvalue weighted by atomic mass is 35.5. The van der Waals surface area contributed by atoms with Crippen LogP contribution in [0.3, 0.4) is 0 Å². The lowest BCUT2D eigenvalue weighted by Crippen LogP contribution is -2.14. The molecular weight excluding hydrogens is 465 g/mol. The maximum atomic E-state index is 12.4. The molecule has 0 aliphatic carbocycles. The highest BCUT2D eigenvalue weighted by Crippen LogP contribution is 2.27. The lowest BCUT2D eigenvalue weighted by Gasteiger charge is -2.07. The topological polar surface area (TPSA) is 68.0 Å². The number of carbonyl (C=O) groups is 1. The van der Waals surface area contributed by atoms with Gasteiger partial charge in [0.25, 0.3) is 0 Å². The molecule has 0 bridgehead atoms. The number of thioether (sulfide) groups is 1. The molecule has 0 unspecified atom stereocenters. The van der Waals surface area contributed by atoms with Crippen LogP contribution >= 0.6 is 35.0 Å². The van der Waals surface area contributed by atoms with Crippen LogP contribution in [0.15, 0.2) is 71.1 Å². The van der Waals surface area contributed by atoms with Gasteiger partial charge in [-0.15, -0.1) is 22.0 Å². The first kappa shape index (κ1) is 22.4. The summed E-state index contributed by atoms with van der Waals surface area (Å²) in [6, 6.07) is 20.7. The SMILES string of the molecule is Cc1cccc(-c2nnc(-c3cccc(NC(=O)CSCc4ccc(Cl)c(Cl)c4)c3)o2)c1. The number of amides is 1. The molecule has 162 valence electrons. The normalized spacial score (nSPS) is 10.8. The highest BCUT2D eigenvalue weighted by Gasteiger charge is 2.12. The summed E-state index contributed by atoms with van der Waals surface area (Å²) in [5, 5.41) is 12.2. The zero-order chi connectivity index (χ0) is 22.5. The van der Waals surface area contributed by atoms with E-state index in [1.54, 1.807) is 6.07 Å². The molecule has 4 rings (SSSR count). The zero-order valence-electron chi connectivity index (χ0n) is 17.1. The number of nitrogens with one attached hydrogen (secondary N) is 1. The summed E-state index contributed by atoms with van der Waals surface area (Å²) >= 11 is 13.5. The number of rotatable bonds is 7. The molecule has 3 aromatic carbocycles.